The zero-order valence-electron chi connectivity index (χ0n) is 16.9. The zero-order valence-corrected chi connectivity index (χ0v) is 18.4. The number of likely N-dealkylation sites (tertiary alicyclic amines) is 1. The summed E-state index contributed by atoms with van der Waals surface area (Å²) < 4.78 is 13.3. The Morgan fingerprint density at radius 1 is 1.37 bits per heavy atom. The van der Waals surface area contributed by atoms with Crippen LogP contribution in [0, 0.1) is 10.1 Å². The van der Waals surface area contributed by atoms with Crippen molar-refractivity contribution >= 4 is 45.5 Å². The minimum atomic E-state index is -1.05. The second kappa shape index (κ2) is 9.59. The van der Waals surface area contributed by atoms with Gasteiger partial charge in [0.25, 0.3) is 0 Å². The number of anilines is 3. The minimum Gasteiger partial charge on any atom is -0.378 e. The van der Waals surface area contributed by atoms with Crippen molar-refractivity contribution in [1.29, 1.82) is 0 Å². The highest BCUT2D eigenvalue weighted by Crippen LogP contribution is 2.36. The monoisotopic (exact) mass is 452 g/mol. The van der Waals surface area contributed by atoms with Gasteiger partial charge in [-0.3, -0.25) is 19.3 Å². The molecule has 1 aliphatic heterocycles. The molecule has 3 N–H and O–H groups in total. The van der Waals surface area contributed by atoms with Gasteiger partial charge in [0.15, 0.2) is 0 Å². The van der Waals surface area contributed by atoms with Crippen molar-refractivity contribution in [2.75, 3.05) is 41.7 Å². The number of hydrogen-bond acceptors (Lipinski definition) is 7. The Hall–Kier alpha value is -2.43. The highest BCUT2D eigenvalue weighted by atomic mass is 35.5. The van der Waals surface area contributed by atoms with Crippen LogP contribution in [0.3, 0.4) is 0 Å². The lowest BCUT2D eigenvalue weighted by Gasteiger charge is -2.33. The first-order chi connectivity index (χ1) is 14.3. The zero-order chi connectivity index (χ0) is 21.8. The maximum atomic E-state index is 11.6. The molecule has 0 saturated carbocycles. The quantitative estimate of drug-likeness (QED) is 0.489. The van der Waals surface area contributed by atoms with E-state index in [0.29, 0.717) is 0 Å². The standard InChI is InChI=1S/C19H25ClN6O3S/c1-24(30(2)29)15-5-3-13(4-6-15)12-25-9-7-14(8-10-25)23-17-16(20)11-22-19(21)18(17)26(27)28/h3-6,11,14H,7-10,12H2,1-2H3,(H3,21,22,23). The highest BCUT2D eigenvalue weighted by molar-refractivity contribution is 7.85. The van der Waals surface area contributed by atoms with Gasteiger partial charge in [0.2, 0.25) is 5.82 Å². The van der Waals surface area contributed by atoms with Gasteiger partial charge in [-0.2, -0.15) is 0 Å². The van der Waals surface area contributed by atoms with Crippen molar-refractivity contribution in [3.8, 4) is 0 Å². The van der Waals surface area contributed by atoms with Crippen LogP contribution in [0.15, 0.2) is 30.5 Å². The Morgan fingerprint density at radius 2 is 2.00 bits per heavy atom. The number of rotatable bonds is 7. The number of nitrogens with zero attached hydrogens (tertiary/aromatic N) is 4. The summed E-state index contributed by atoms with van der Waals surface area (Å²) in [6, 6.07) is 8.10. The van der Waals surface area contributed by atoms with Crippen molar-refractivity contribution < 1.29 is 9.13 Å². The Morgan fingerprint density at radius 3 is 2.57 bits per heavy atom. The van der Waals surface area contributed by atoms with E-state index in [9.17, 15) is 14.3 Å². The number of nitrogens with two attached hydrogens (primary N) is 1. The highest BCUT2D eigenvalue weighted by Gasteiger charge is 2.27. The van der Waals surface area contributed by atoms with Crippen LogP contribution in [0.25, 0.3) is 0 Å². The van der Waals surface area contributed by atoms with Crippen LogP contribution < -0.4 is 15.4 Å². The Kier molecular flexibility index (Phi) is 7.11. The number of nitrogens with one attached hydrogen (secondary N) is 1. The van der Waals surface area contributed by atoms with E-state index in [2.05, 4.69) is 15.2 Å². The Labute approximate surface area is 182 Å². The normalized spacial score (nSPS) is 16.2. The van der Waals surface area contributed by atoms with E-state index in [1.54, 1.807) is 17.6 Å². The topological polar surface area (TPSA) is 118 Å². The van der Waals surface area contributed by atoms with Gasteiger partial charge in [-0.25, -0.2) is 9.19 Å². The summed E-state index contributed by atoms with van der Waals surface area (Å²) >= 11 is 6.14. The van der Waals surface area contributed by atoms with E-state index in [0.717, 1.165) is 38.2 Å². The third-order valence-corrected chi connectivity index (χ3v) is 6.51. The molecule has 162 valence electrons. The fourth-order valence-electron chi connectivity index (χ4n) is 3.47. The number of benzene rings is 1. The maximum absolute atomic E-state index is 11.6. The van der Waals surface area contributed by atoms with Crippen molar-refractivity contribution in [2.24, 2.45) is 0 Å². The Balaban J connectivity index is 1.58. The van der Waals surface area contributed by atoms with Crippen molar-refractivity contribution in [2.45, 2.75) is 25.4 Å². The van der Waals surface area contributed by atoms with Crippen LogP contribution in [-0.2, 0) is 17.5 Å². The van der Waals surface area contributed by atoms with Crippen molar-refractivity contribution in [3.63, 3.8) is 0 Å². The molecule has 0 aliphatic carbocycles. The molecular formula is C19H25ClN6O3S. The first kappa shape index (κ1) is 22.3. The van der Waals surface area contributed by atoms with Crippen LogP contribution in [0.2, 0.25) is 5.02 Å². The van der Waals surface area contributed by atoms with Crippen LogP contribution >= 0.6 is 11.6 Å². The number of nitrogen functional groups attached to an aromatic ring is 1. The summed E-state index contributed by atoms with van der Waals surface area (Å²) in [5, 5.41) is 14.7. The second-order valence-electron chi connectivity index (χ2n) is 7.25. The van der Waals surface area contributed by atoms with Crippen LogP contribution in [0.1, 0.15) is 18.4 Å². The van der Waals surface area contributed by atoms with Gasteiger partial charge >= 0.3 is 5.69 Å². The molecule has 30 heavy (non-hydrogen) atoms. The van der Waals surface area contributed by atoms with Crippen LogP contribution in [0.4, 0.5) is 22.9 Å². The van der Waals surface area contributed by atoms with E-state index in [1.807, 2.05) is 24.3 Å². The molecule has 3 rings (SSSR count). The minimum absolute atomic E-state index is 0.0646. The first-order valence-electron chi connectivity index (χ1n) is 9.49. The molecule has 2 heterocycles. The predicted octanol–water partition coefficient (Wildman–Crippen LogP) is 3.03. The van der Waals surface area contributed by atoms with Gasteiger partial charge in [0, 0.05) is 44.7 Å². The molecule has 9 nitrogen and oxygen atoms in total. The summed E-state index contributed by atoms with van der Waals surface area (Å²) in [6.45, 7) is 2.52. The summed E-state index contributed by atoms with van der Waals surface area (Å²) in [5.41, 5.74) is 7.73. The largest absolute Gasteiger partial charge is 0.378 e. The van der Waals surface area contributed by atoms with E-state index in [-0.39, 0.29) is 28.3 Å². The molecule has 0 spiro atoms. The molecule has 1 saturated heterocycles. The van der Waals surface area contributed by atoms with E-state index in [4.69, 9.17) is 17.3 Å². The fourth-order valence-corrected chi connectivity index (χ4v) is 4.08. The molecule has 0 amide bonds. The fraction of sp³-hybridized carbons (Fsp3) is 0.421. The van der Waals surface area contributed by atoms with E-state index in [1.165, 1.54) is 11.8 Å². The number of hydrogen-bond donors (Lipinski definition) is 2. The molecular weight excluding hydrogens is 428 g/mol. The molecule has 1 aromatic heterocycles. The predicted molar refractivity (Wildman–Crippen MR) is 121 cm³/mol. The maximum Gasteiger partial charge on any atom is 0.335 e. The van der Waals surface area contributed by atoms with Crippen LogP contribution in [0.5, 0.6) is 0 Å². The summed E-state index contributed by atoms with van der Waals surface area (Å²) in [7, 11) is 0.751. The SMILES string of the molecule is CN(c1ccc(CN2CCC(Nc3c(Cl)cnc(N)c3[N+](=O)[O-])CC2)cc1)S(C)=O. The average molecular weight is 453 g/mol. The number of pyridine rings is 1. The van der Waals surface area contributed by atoms with Gasteiger partial charge in [-0.05, 0) is 30.5 Å². The molecule has 0 radical (unpaired) electrons. The van der Waals surface area contributed by atoms with E-state index >= 15 is 0 Å². The van der Waals surface area contributed by atoms with Crippen LogP contribution in [-0.4, -0.2) is 51.5 Å². The molecule has 1 fully saturated rings. The van der Waals surface area contributed by atoms with Gasteiger partial charge < -0.3 is 11.1 Å². The smallest absolute Gasteiger partial charge is 0.335 e. The number of nitro groups is 1. The molecule has 11 heteroatoms. The van der Waals surface area contributed by atoms with Gasteiger partial charge in [-0.15, -0.1) is 0 Å². The number of halogens is 1. The lowest BCUT2D eigenvalue weighted by molar-refractivity contribution is -0.383. The second-order valence-corrected chi connectivity index (χ2v) is 9.06. The number of piperidine rings is 1. The van der Waals surface area contributed by atoms with Crippen molar-refractivity contribution in [3.05, 3.63) is 51.2 Å². The van der Waals surface area contributed by atoms with Crippen molar-refractivity contribution in [1.82, 2.24) is 9.88 Å². The lowest BCUT2D eigenvalue weighted by Crippen LogP contribution is -2.38. The average Bonchev–Trinajstić information content (AvgIpc) is 2.72. The third-order valence-electron chi connectivity index (χ3n) is 5.25. The van der Waals surface area contributed by atoms with Gasteiger partial charge in [0.1, 0.15) is 16.7 Å². The molecule has 1 aromatic carbocycles. The van der Waals surface area contributed by atoms with E-state index < -0.39 is 15.9 Å². The van der Waals surface area contributed by atoms with Gasteiger partial charge in [-0.1, -0.05) is 23.7 Å². The molecule has 0 bridgehead atoms. The van der Waals surface area contributed by atoms with Gasteiger partial charge in [0.05, 0.1) is 16.1 Å². The number of aromatic nitrogens is 1. The molecule has 1 aliphatic rings. The summed E-state index contributed by atoms with van der Waals surface area (Å²) in [5.74, 6) is -0.148. The Bertz CT molecular complexity index is 935. The molecule has 1 atom stereocenters. The third kappa shape index (κ3) is 5.18. The molecule has 2 aromatic rings. The molecule has 1 unspecified atom stereocenters. The lowest BCUT2D eigenvalue weighted by atomic mass is 10.0. The summed E-state index contributed by atoms with van der Waals surface area (Å²) in [6.07, 6.45) is 4.63. The summed E-state index contributed by atoms with van der Waals surface area (Å²) in [4.78, 5) is 16.9. The first-order valence-corrected chi connectivity index (χ1v) is 11.4.